The second-order valence-electron chi connectivity index (χ2n) is 6.32. The Kier molecular flexibility index (Phi) is 5.81. The van der Waals surface area contributed by atoms with Crippen LogP contribution in [-0.4, -0.2) is 24.5 Å². The van der Waals surface area contributed by atoms with Crippen molar-refractivity contribution in [1.82, 2.24) is 0 Å². The minimum Gasteiger partial charge on any atom is -0.287 e. The molecule has 6 heteroatoms. The Bertz CT molecular complexity index is 763. The van der Waals surface area contributed by atoms with Gasteiger partial charge in [-0.1, -0.05) is 25.0 Å². The van der Waals surface area contributed by atoms with Gasteiger partial charge in [0.05, 0.1) is 12.1 Å². The van der Waals surface area contributed by atoms with Crippen molar-refractivity contribution in [2.75, 3.05) is 0 Å². The smallest absolute Gasteiger partial charge is 0.159 e. The molecule has 1 aliphatic rings. The lowest BCUT2D eigenvalue weighted by Crippen LogP contribution is -2.27. The quantitative estimate of drug-likeness (QED) is 0.535. The maximum Gasteiger partial charge on any atom is 0.159 e. The summed E-state index contributed by atoms with van der Waals surface area (Å²) < 4.78 is 52.5. The number of benzene rings is 2. The van der Waals surface area contributed by atoms with Crippen molar-refractivity contribution in [3.05, 3.63) is 70.8 Å². The van der Waals surface area contributed by atoms with Crippen molar-refractivity contribution < 1.29 is 17.6 Å². The fourth-order valence-corrected chi connectivity index (χ4v) is 2.99. The summed E-state index contributed by atoms with van der Waals surface area (Å²) in [6.07, 6.45) is 6.74. The van der Waals surface area contributed by atoms with E-state index < -0.39 is 23.3 Å². The monoisotopic (exact) mass is 362 g/mol. The maximum absolute atomic E-state index is 13.3. The minimum atomic E-state index is -0.912. The van der Waals surface area contributed by atoms with Gasteiger partial charge >= 0.3 is 0 Å². The van der Waals surface area contributed by atoms with Gasteiger partial charge in [0, 0.05) is 12.4 Å². The van der Waals surface area contributed by atoms with Gasteiger partial charge in [-0.3, -0.25) is 9.98 Å². The fraction of sp³-hybridized carbons (Fsp3) is 0.300. The molecule has 2 atom stereocenters. The molecular weight excluding hydrogens is 344 g/mol. The van der Waals surface area contributed by atoms with Gasteiger partial charge in [0.25, 0.3) is 0 Å². The van der Waals surface area contributed by atoms with Crippen LogP contribution in [0.25, 0.3) is 0 Å². The highest BCUT2D eigenvalue weighted by molar-refractivity contribution is 5.80. The number of aliphatic imine (C=N–C) groups is 2. The predicted molar refractivity (Wildman–Crippen MR) is 93.9 cm³/mol. The predicted octanol–water partition coefficient (Wildman–Crippen LogP) is 5.09. The first-order valence-corrected chi connectivity index (χ1v) is 8.49. The molecule has 0 radical (unpaired) electrons. The molecule has 2 aromatic rings. The van der Waals surface area contributed by atoms with Crippen LogP contribution in [0.1, 0.15) is 36.8 Å². The molecule has 0 saturated heterocycles. The highest BCUT2D eigenvalue weighted by Crippen LogP contribution is 2.24. The first-order chi connectivity index (χ1) is 12.5. The van der Waals surface area contributed by atoms with Gasteiger partial charge in [0.1, 0.15) is 0 Å². The standard InChI is InChI=1S/C20H18F4N2/c21-15-7-5-13(9-17(15)23)11-25-19-3-1-2-4-20(19)26-12-14-6-8-16(22)18(24)10-14/h5-12,19-20H,1-4H2/t19-,20-/m1/s1. The van der Waals surface area contributed by atoms with Gasteiger partial charge in [-0.15, -0.1) is 0 Å². The van der Waals surface area contributed by atoms with E-state index in [4.69, 9.17) is 0 Å². The topological polar surface area (TPSA) is 24.7 Å². The second-order valence-corrected chi connectivity index (χ2v) is 6.32. The first-order valence-electron chi connectivity index (χ1n) is 8.49. The zero-order chi connectivity index (χ0) is 18.5. The zero-order valence-electron chi connectivity index (χ0n) is 14.0. The number of rotatable bonds is 4. The lowest BCUT2D eigenvalue weighted by Gasteiger charge is -2.25. The Morgan fingerprint density at radius 2 is 1.08 bits per heavy atom. The summed E-state index contributed by atoms with van der Waals surface area (Å²) in [7, 11) is 0. The van der Waals surface area contributed by atoms with Gasteiger partial charge < -0.3 is 0 Å². The fourth-order valence-electron chi connectivity index (χ4n) is 2.99. The summed E-state index contributed by atoms with van der Waals surface area (Å²) in [6.45, 7) is 0. The third-order valence-corrected chi connectivity index (χ3v) is 4.41. The zero-order valence-corrected chi connectivity index (χ0v) is 14.0. The summed E-state index contributed by atoms with van der Waals surface area (Å²) in [5.41, 5.74) is 0.968. The van der Waals surface area contributed by atoms with E-state index in [2.05, 4.69) is 9.98 Å². The third kappa shape index (κ3) is 4.56. The molecule has 0 aromatic heterocycles. The van der Waals surface area contributed by atoms with Gasteiger partial charge in [0.2, 0.25) is 0 Å². The van der Waals surface area contributed by atoms with E-state index in [-0.39, 0.29) is 12.1 Å². The highest BCUT2D eigenvalue weighted by Gasteiger charge is 2.23. The van der Waals surface area contributed by atoms with E-state index in [0.29, 0.717) is 11.1 Å². The molecule has 1 saturated carbocycles. The number of hydrogen-bond donors (Lipinski definition) is 0. The van der Waals surface area contributed by atoms with Crippen LogP contribution >= 0.6 is 0 Å². The molecule has 0 N–H and O–H groups in total. The van der Waals surface area contributed by atoms with Crippen molar-refractivity contribution in [1.29, 1.82) is 0 Å². The Morgan fingerprint density at radius 1 is 0.654 bits per heavy atom. The van der Waals surface area contributed by atoms with E-state index in [1.165, 1.54) is 24.6 Å². The maximum atomic E-state index is 13.3. The highest BCUT2D eigenvalue weighted by atomic mass is 19.2. The van der Waals surface area contributed by atoms with Crippen LogP contribution in [0.2, 0.25) is 0 Å². The van der Waals surface area contributed by atoms with Crippen LogP contribution in [0.4, 0.5) is 17.6 Å². The van der Waals surface area contributed by atoms with Gasteiger partial charge in [0.15, 0.2) is 23.3 Å². The molecule has 2 aromatic carbocycles. The van der Waals surface area contributed by atoms with Crippen molar-refractivity contribution in [2.45, 2.75) is 37.8 Å². The van der Waals surface area contributed by atoms with Gasteiger partial charge in [-0.05, 0) is 48.2 Å². The normalized spacial score (nSPS) is 20.9. The van der Waals surface area contributed by atoms with Crippen LogP contribution in [0.15, 0.2) is 46.4 Å². The molecule has 3 rings (SSSR count). The largest absolute Gasteiger partial charge is 0.287 e. The van der Waals surface area contributed by atoms with E-state index in [1.54, 1.807) is 0 Å². The minimum absolute atomic E-state index is 0.0848. The molecule has 1 fully saturated rings. The summed E-state index contributed by atoms with van der Waals surface area (Å²) in [5, 5.41) is 0. The van der Waals surface area contributed by atoms with E-state index in [9.17, 15) is 17.6 Å². The molecular formula is C20H18F4N2. The van der Waals surface area contributed by atoms with Crippen LogP contribution in [0, 0.1) is 23.3 Å². The molecule has 2 nitrogen and oxygen atoms in total. The average Bonchev–Trinajstić information content (AvgIpc) is 2.64. The van der Waals surface area contributed by atoms with E-state index >= 15 is 0 Å². The molecule has 1 aliphatic carbocycles. The lowest BCUT2D eigenvalue weighted by atomic mass is 9.91. The van der Waals surface area contributed by atoms with E-state index in [0.717, 1.165) is 49.9 Å². The molecule has 0 heterocycles. The Balaban J connectivity index is 1.72. The molecule has 0 bridgehead atoms. The Labute approximate surface area is 149 Å². The van der Waals surface area contributed by atoms with Crippen LogP contribution < -0.4 is 0 Å². The van der Waals surface area contributed by atoms with Crippen molar-refractivity contribution >= 4 is 12.4 Å². The average molecular weight is 362 g/mol. The van der Waals surface area contributed by atoms with Crippen LogP contribution in [-0.2, 0) is 0 Å². The number of nitrogens with zero attached hydrogens (tertiary/aromatic N) is 2. The van der Waals surface area contributed by atoms with Crippen molar-refractivity contribution in [3.63, 3.8) is 0 Å². The van der Waals surface area contributed by atoms with Crippen LogP contribution in [0.5, 0.6) is 0 Å². The van der Waals surface area contributed by atoms with Crippen molar-refractivity contribution in [2.24, 2.45) is 9.98 Å². The summed E-state index contributed by atoms with van der Waals surface area (Å²) in [5.74, 6) is -3.61. The number of hydrogen-bond acceptors (Lipinski definition) is 2. The third-order valence-electron chi connectivity index (χ3n) is 4.41. The molecule has 136 valence electrons. The molecule has 26 heavy (non-hydrogen) atoms. The summed E-state index contributed by atoms with van der Waals surface area (Å²) in [4.78, 5) is 8.98. The molecule has 0 amide bonds. The second kappa shape index (κ2) is 8.25. The molecule has 0 aliphatic heterocycles. The van der Waals surface area contributed by atoms with Gasteiger partial charge in [-0.2, -0.15) is 0 Å². The lowest BCUT2D eigenvalue weighted by molar-refractivity contribution is 0.390. The summed E-state index contributed by atoms with van der Waals surface area (Å²) >= 11 is 0. The summed E-state index contributed by atoms with van der Waals surface area (Å²) in [6, 6.07) is 7.08. The van der Waals surface area contributed by atoms with E-state index in [1.807, 2.05) is 0 Å². The SMILES string of the molecule is Fc1ccc(C=N[C@@H]2CCCC[C@H]2N=Cc2ccc(F)c(F)c2)cc1F. The molecule has 0 spiro atoms. The molecule has 0 unspecified atom stereocenters. The van der Waals surface area contributed by atoms with Gasteiger partial charge in [-0.25, -0.2) is 17.6 Å². The van der Waals surface area contributed by atoms with Crippen molar-refractivity contribution in [3.8, 4) is 0 Å². The Morgan fingerprint density at radius 3 is 1.46 bits per heavy atom. The Hall–Kier alpha value is -2.50. The number of halogens is 4. The first kappa shape index (κ1) is 18.3. The van der Waals surface area contributed by atoms with Crippen LogP contribution in [0.3, 0.4) is 0 Å².